The van der Waals surface area contributed by atoms with E-state index in [0.717, 1.165) is 23.7 Å². The molecule has 166 valence electrons. The van der Waals surface area contributed by atoms with E-state index in [4.69, 9.17) is 9.47 Å². The number of esters is 1. The fraction of sp³-hybridized carbons (Fsp3) is 0.250. The van der Waals surface area contributed by atoms with Crippen molar-refractivity contribution >= 4 is 23.0 Å². The van der Waals surface area contributed by atoms with E-state index >= 15 is 0 Å². The highest BCUT2D eigenvalue weighted by atomic mass is 19.1. The fourth-order valence-electron chi connectivity index (χ4n) is 3.82. The van der Waals surface area contributed by atoms with Gasteiger partial charge in [0.05, 0.1) is 36.9 Å². The molecule has 1 atom stereocenters. The molecule has 0 amide bonds. The van der Waals surface area contributed by atoms with Gasteiger partial charge in [-0.3, -0.25) is 4.98 Å². The van der Waals surface area contributed by atoms with E-state index in [1.807, 2.05) is 18.2 Å². The molecule has 4 rings (SSSR count). The molecule has 32 heavy (non-hydrogen) atoms. The van der Waals surface area contributed by atoms with Gasteiger partial charge in [0.25, 0.3) is 0 Å². The van der Waals surface area contributed by atoms with Gasteiger partial charge < -0.3 is 19.7 Å². The molecule has 1 aliphatic heterocycles. The first-order valence-corrected chi connectivity index (χ1v) is 10.2. The number of nitrogens with one attached hydrogen (secondary N) is 1. The number of fused-ring (bicyclic) bond motifs is 1. The van der Waals surface area contributed by atoms with E-state index in [1.54, 1.807) is 30.4 Å². The maximum atomic E-state index is 14.2. The normalized spacial score (nSPS) is 14.8. The number of methoxy groups -OCH3 is 1. The smallest absolute Gasteiger partial charge is 0.340 e. The zero-order valence-corrected chi connectivity index (χ0v) is 17.8. The van der Waals surface area contributed by atoms with Gasteiger partial charge in [-0.15, -0.1) is 0 Å². The van der Waals surface area contributed by atoms with Crippen molar-refractivity contribution in [3.8, 4) is 5.75 Å². The lowest BCUT2D eigenvalue weighted by Gasteiger charge is -2.28. The van der Waals surface area contributed by atoms with Gasteiger partial charge in [-0.05, 0) is 36.2 Å². The molecule has 0 saturated carbocycles. The number of carbonyl (C=O) groups excluding carboxylic acids is 1. The van der Waals surface area contributed by atoms with Gasteiger partial charge in [0.15, 0.2) is 0 Å². The third kappa shape index (κ3) is 4.34. The maximum absolute atomic E-state index is 14.2. The number of hydrogen-bond donors (Lipinski definition) is 1. The minimum atomic E-state index is -0.633. The van der Waals surface area contributed by atoms with Gasteiger partial charge >= 0.3 is 5.97 Å². The Kier molecular flexibility index (Phi) is 6.20. The third-order valence-corrected chi connectivity index (χ3v) is 5.58. The predicted octanol–water partition coefficient (Wildman–Crippen LogP) is 4.89. The molecular weight excluding hydrogens is 416 g/mol. The number of nitrogens with zero attached hydrogens (tertiary/aromatic N) is 2. The Morgan fingerprint density at radius 1 is 1.25 bits per heavy atom. The van der Waals surface area contributed by atoms with Crippen LogP contribution in [0.1, 0.15) is 28.3 Å². The Hall–Kier alpha value is -3.68. The van der Waals surface area contributed by atoms with Crippen molar-refractivity contribution in [3.05, 3.63) is 77.6 Å². The summed E-state index contributed by atoms with van der Waals surface area (Å²) in [7, 11) is 3.06. The number of rotatable bonds is 6. The van der Waals surface area contributed by atoms with E-state index in [2.05, 4.69) is 10.3 Å². The number of carbonyl (C=O) groups is 1. The Morgan fingerprint density at radius 2 is 2.09 bits per heavy atom. The second-order valence-corrected chi connectivity index (χ2v) is 7.50. The highest BCUT2D eigenvalue weighted by Gasteiger charge is 2.23. The summed E-state index contributed by atoms with van der Waals surface area (Å²) in [5.41, 5.74) is 3.04. The topological polar surface area (TPSA) is 63.7 Å². The first-order chi connectivity index (χ1) is 15.5. The molecule has 2 aromatic carbocycles. The van der Waals surface area contributed by atoms with Crippen molar-refractivity contribution in [2.75, 3.05) is 37.5 Å². The lowest BCUT2D eigenvalue weighted by molar-refractivity contribution is 0.0601. The molecule has 0 aliphatic carbocycles. The van der Waals surface area contributed by atoms with Crippen molar-refractivity contribution in [3.63, 3.8) is 0 Å². The second kappa shape index (κ2) is 9.21. The highest BCUT2D eigenvalue weighted by molar-refractivity contribution is 5.95. The number of anilines is 3. The second-order valence-electron chi connectivity index (χ2n) is 7.50. The molecule has 1 aliphatic rings. The van der Waals surface area contributed by atoms with Gasteiger partial charge in [0.2, 0.25) is 0 Å². The molecule has 0 saturated heterocycles. The molecule has 0 fully saturated rings. The predicted molar refractivity (Wildman–Crippen MR) is 118 cm³/mol. The van der Waals surface area contributed by atoms with Crippen LogP contribution in [0, 0.1) is 11.6 Å². The summed E-state index contributed by atoms with van der Waals surface area (Å²) in [4.78, 5) is 17.7. The zero-order chi connectivity index (χ0) is 22.7. The first-order valence-electron chi connectivity index (χ1n) is 10.2. The monoisotopic (exact) mass is 439 g/mol. The summed E-state index contributed by atoms with van der Waals surface area (Å²) in [6, 6.07) is 10.8. The van der Waals surface area contributed by atoms with E-state index in [0.29, 0.717) is 30.2 Å². The average Bonchev–Trinajstić information content (AvgIpc) is 2.81. The van der Waals surface area contributed by atoms with E-state index in [-0.39, 0.29) is 11.6 Å². The maximum Gasteiger partial charge on any atom is 0.340 e. The molecule has 1 N–H and O–H groups in total. The quantitative estimate of drug-likeness (QED) is 0.552. The minimum Gasteiger partial charge on any atom is -0.493 e. The van der Waals surface area contributed by atoms with Crippen molar-refractivity contribution in [2.45, 2.75) is 12.3 Å². The molecule has 2 heterocycles. The molecule has 6 nitrogen and oxygen atoms in total. The van der Waals surface area contributed by atoms with Gasteiger partial charge in [-0.25, -0.2) is 13.6 Å². The molecule has 0 radical (unpaired) electrons. The molecule has 0 bridgehead atoms. The summed E-state index contributed by atoms with van der Waals surface area (Å²) in [6.07, 6.45) is 3.94. The molecule has 8 heteroatoms. The van der Waals surface area contributed by atoms with Crippen LogP contribution in [0.3, 0.4) is 0 Å². The van der Waals surface area contributed by atoms with Crippen LogP contribution in [0.2, 0.25) is 0 Å². The Balaban J connectivity index is 1.53. The number of pyridine rings is 1. The van der Waals surface area contributed by atoms with Crippen molar-refractivity contribution in [1.82, 2.24) is 4.98 Å². The van der Waals surface area contributed by atoms with Crippen LogP contribution >= 0.6 is 0 Å². The lowest BCUT2D eigenvalue weighted by Crippen LogP contribution is -2.22. The zero-order valence-electron chi connectivity index (χ0n) is 17.8. The summed E-state index contributed by atoms with van der Waals surface area (Å²) in [5, 5.41) is 3.30. The molecule has 3 aromatic rings. The standard InChI is InChI=1S/C24H23F2N3O3/c1-29(22-6-3-16(25)11-20(22)26)17-4-5-18-15(8-10-32-23(18)12-17)13-28-21-14-27-9-7-19(21)24(30)31-2/h3-7,9,11-12,14-15,28H,8,10,13H2,1-2H3/t15-/m0/s1. The number of hydrogen-bond acceptors (Lipinski definition) is 6. The van der Waals surface area contributed by atoms with Crippen LogP contribution in [0.15, 0.2) is 54.9 Å². The van der Waals surface area contributed by atoms with Gasteiger partial charge in [-0.1, -0.05) is 6.07 Å². The van der Waals surface area contributed by atoms with Crippen LogP contribution in [0.25, 0.3) is 0 Å². The Bertz CT molecular complexity index is 1140. The largest absolute Gasteiger partial charge is 0.493 e. The summed E-state index contributed by atoms with van der Waals surface area (Å²) < 4.78 is 38.2. The third-order valence-electron chi connectivity index (χ3n) is 5.58. The van der Waals surface area contributed by atoms with Crippen LogP contribution in [-0.2, 0) is 4.74 Å². The fourth-order valence-corrected chi connectivity index (χ4v) is 3.82. The Morgan fingerprint density at radius 3 is 2.88 bits per heavy atom. The van der Waals surface area contributed by atoms with E-state index < -0.39 is 17.6 Å². The van der Waals surface area contributed by atoms with E-state index in [1.165, 1.54) is 19.2 Å². The first kappa shape index (κ1) is 21.5. The summed E-state index contributed by atoms with van der Waals surface area (Å²) >= 11 is 0. The summed E-state index contributed by atoms with van der Waals surface area (Å²) in [6.45, 7) is 1.11. The number of benzene rings is 2. The average molecular weight is 439 g/mol. The van der Waals surface area contributed by atoms with Crippen LogP contribution < -0.4 is 15.0 Å². The molecule has 1 aromatic heterocycles. The van der Waals surface area contributed by atoms with Gasteiger partial charge in [0, 0.05) is 43.5 Å². The molecular formula is C24H23F2N3O3. The Labute approximate surface area is 184 Å². The van der Waals surface area contributed by atoms with Crippen molar-refractivity contribution in [2.24, 2.45) is 0 Å². The summed E-state index contributed by atoms with van der Waals surface area (Å²) in [5.74, 6) is -0.817. The van der Waals surface area contributed by atoms with Crippen LogP contribution in [-0.4, -0.2) is 38.3 Å². The molecule has 0 spiro atoms. The van der Waals surface area contributed by atoms with Crippen LogP contribution in [0.5, 0.6) is 5.75 Å². The van der Waals surface area contributed by atoms with Crippen molar-refractivity contribution < 1.29 is 23.0 Å². The minimum absolute atomic E-state index is 0.145. The number of ether oxygens (including phenoxy) is 2. The van der Waals surface area contributed by atoms with Crippen molar-refractivity contribution in [1.29, 1.82) is 0 Å². The lowest BCUT2D eigenvalue weighted by atomic mass is 9.92. The SMILES string of the molecule is COC(=O)c1ccncc1NC[C@@H]1CCOc2cc(N(C)c3ccc(F)cc3F)ccc21. The highest BCUT2D eigenvalue weighted by Crippen LogP contribution is 2.38. The van der Waals surface area contributed by atoms with E-state index in [9.17, 15) is 13.6 Å². The number of aromatic nitrogens is 1. The van der Waals surface area contributed by atoms with Gasteiger partial charge in [0.1, 0.15) is 17.4 Å². The number of halogens is 2. The van der Waals surface area contributed by atoms with Crippen LogP contribution in [0.4, 0.5) is 25.8 Å². The van der Waals surface area contributed by atoms with Gasteiger partial charge in [-0.2, -0.15) is 0 Å². The molecule has 0 unspecified atom stereocenters.